The largest absolute Gasteiger partial charge is 0.482 e. The Morgan fingerprint density at radius 3 is 2.74 bits per heavy atom. The Balaban J connectivity index is 2.15. The van der Waals surface area contributed by atoms with Crippen molar-refractivity contribution < 1.29 is 23.4 Å². The molecule has 2 aromatic rings. The Labute approximate surface area is 116 Å². The second-order valence-electron chi connectivity index (χ2n) is 3.84. The molecule has 0 aliphatic rings. The number of furan rings is 1. The molecule has 0 saturated carbocycles. The molecule has 0 fully saturated rings. The fraction of sp³-hybridized carbons (Fsp3) is 0.154. The summed E-state index contributed by atoms with van der Waals surface area (Å²) in [6, 6.07) is 6.93. The molecule has 1 aromatic carbocycles. The molecule has 0 amide bonds. The third-order valence-electron chi connectivity index (χ3n) is 2.44. The van der Waals surface area contributed by atoms with Gasteiger partial charge in [0.05, 0.1) is 4.47 Å². The molecular weight excluding hydrogens is 319 g/mol. The highest BCUT2D eigenvalue weighted by Crippen LogP contribution is 2.30. The number of carboxylic acids is 1. The van der Waals surface area contributed by atoms with Gasteiger partial charge in [-0.3, -0.25) is 0 Å². The quantitative estimate of drug-likeness (QED) is 0.920. The normalized spacial score (nSPS) is 12.2. The fourth-order valence-electron chi connectivity index (χ4n) is 1.51. The predicted octanol–water partition coefficient (Wildman–Crippen LogP) is 4.02. The third kappa shape index (κ3) is 3.14. The minimum absolute atomic E-state index is 0.149. The van der Waals surface area contributed by atoms with Crippen LogP contribution >= 0.6 is 15.9 Å². The summed E-state index contributed by atoms with van der Waals surface area (Å²) >= 11 is 3.19. The van der Waals surface area contributed by atoms with Gasteiger partial charge in [-0.1, -0.05) is 0 Å². The maximum Gasteiger partial charge on any atom is 0.371 e. The summed E-state index contributed by atoms with van der Waals surface area (Å²) in [4.78, 5) is 10.7. The molecule has 1 N–H and O–H groups in total. The molecule has 6 heteroatoms. The number of rotatable bonds is 4. The van der Waals surface area contributed by atoms with E-state index in [9.17, 15) is 9.18 Å². The van der Waals surface area contributed by atoms with E-state index >= 15 is 0 Å². The van der Waals surface area contributed by atoms with Crippen LogP contribution in [0, 0.1) is 5.82 Å². The van der Waals surface area contributed by atoms with Crippen molar-refractivity contribution in [3.63, 3.8) is 0 Å². The second-order valence-corrected chi connectivity index (χ2v) is 4.70. The van der Waals surface area contributed by atoms with E-state index in [1.54, 1.807) is 6.92 Å². The van der Waals surface area contributed by atoms with Crippen molar-refractivity contribution in [2.45, 2.75) is 13.0 Å². The smallest absolute Gasteiger partial charge is 0.371 e. The molecule has 0 saturated heterocycles. The number of ether oxygens (including phenoxy) is 1. The van der Waals surface area contributed by atoms with Gasteiger partial charge in [0.15, 0.2) is 6.10 Å². The number of hydrogen-bond donors (Lipinski definition) is 1. The van der Waals surface area contributed by atoms with Crippen LogP contribution in [0.15, 0.2) is 39.2 Å². The highest BCUT2D eigenvalue weighted by molar-refractivity contribution is 9.10. The lowest BCUT2D eigenvalue weighted by Crippen LogP contribution is -2.02. The maximum absolute atomic E-state index is 12.9. The van der Waals surface area contributed by atoms with Crippen molar-refractivity contribution in [1.82, 2.24) is 0 Å². The zero-order valence-corrected chi connectivity index (χ0v) is 11.5. The molecule has 4 nitrogen and oxygen atoms in total. The Morgan fingerprint density at radius 2 is 2.16 bits per heavy atom. The molecule has 0 aliphatic heterocycles. The lowest BCUT2D eigenvalue weighted by atomic mass is 10.3. The Morgan fingerprint density at radius 1 is 1.42 bits per heavy atom. The average Bonchev–Trinajstić information content (AvgIpc) is 2.82. The van der Waals surface area contributed by atoms with E-state index in [0.29, 0.717) is 16.0 Å². The molecule has 1 heterocycles. The van der Waals surface area contributed by atoms with E-state index in [2.05, 4.69) is 15.9 Å². The lowest BCUT2D eigenvalue weighted by Gasteiger charge is -2.13. The van der Waals surface area contributed by atoms with Gasteiger partial charge < -0.3 is 14.3 Å². The molecule has 0 aliphatic carbocycles. The van der Waals surface area contributed by atoms with Crippen molar-refractivity contribution in [3.8, 4) is 5.75 Å². The van der Waals surface area contributed by atoms with Gasteiger partial charge in [0.25, 0.3) is 0 Å². The predicted molar refractivity (Wildman–Crippen MR) is 68.8 cm³/mol. The van der Waals surface area contributed by atoms with Crippen LogP contribution in [0.5, 0.6) is 5.75 Å². The Hall–Kier alpha value is -1.82. The molecule has 0 bridgehead atoms. The van der Waals surface area contributed by atoms with Crippen LogP contribution < -0.4 is 4.74 Å². The van der Waals surface area contributed by atoms with Gasteiger partial charge in [-0.2, -0.15) is 0 Å². The number of carboxylic acid groups (broad SMARTS) is 1. The number of halogens is 2. The topological polar surface area (TPSA) is 59.7 Å². The van der Waals surface area contributed by atoms with E-state index in [-0.39, 0.29) is 11.6 Å². The highest BCUT2D eigenvalue weighted by Gasteiger charge is 2.16. The lowest BCUT2D eigenvalue weighted by molar-refractivity contribution is 0.0655. The van der Waals surface area contributed by atoms with Crippen LogP contribution in [-0.4, -0.2) is 11.1 Å². The first-order valence-corrected chi connectivity index (χ1v) is 6.21. The van der Waals surface area contributed by atoms with Crippen molar-refractivity contribution in [2.24, 2.45) is 0 Å². The molecule has 100 valence electrons. The van der Waals surface area contributed by atoms with Gasteiger partial charge >= 0.3 is 5.97 Å². The molecular formula is C13H10BrFO4. The zero-order valence-electron chi connectivity index (χ0n) is 9.89. The molecule has 1 aromatic heterocycles. The van der Waals surface area contributed by atoms with Crippen LogP contribution in [0.4, 0.5) is 4.39 Å². The number of hydrogen-bond acceptors (Lipinski definition) is 3. The summed E-state index contributed by atoms with van der Waals surface area (Å²) in [6.07, 6.45) is -0.491. The monoisotopic (exact) mass is 328 g/mol. The molecule has 2 rings (SSSR count). The standard InChI is InChI=1S/C13H10BrFO4/c1-7(10-4-5-12(19-10)13(16)17)18-11-3-2-8(15)6-9(11)14/h2-7H,1H3,(H,16,17). The number of carbonyl (C=O) groups is 1. The average molecular weight is 329 g/mol. The first-order valence-electron chi connectivity index (χ1n) is 5.42. The SMILES string of the molecule is CC(Oc1ccc(F)cc1Br)c1ccc(C(=O)O)o1. The molecule has 1 unspecified atom stereocenters. The van der Waals surface area contributed by atoms with Crippen LogP contribution in [-0.2, 0) is 0 Å². The minimum Gasteiger partial charge on any atom is -0.482 e. The van der Waals surface area contributed by atoms with Gasteiger partial charge in [0.1, 0.15) is 17.3 Å². The summed E-state index contributed by atoms with van der Waals surface area (Å²) in [6.45, 7) is 1.71. The van der Waals surface area contributed by atoms with E-state index in [1.165, 1.54) is 30.3 Å². The van der Waals surface area contributed by atoms with Gasteiger partial charge in [-0.05, 0) is 53.2 Å². The summed E-state index contributed by atoms with van der Waals surface area (Å²) in [5.41, 5.74) is 0. The summed E-state index contributed by atoms with van der Waals surface area (Å²) in [5, 5.41) is 8.76. The highest BCUT2D eigenvalue weighted by atomic mass is 79.9. The summed E-state index contributed by atoms with van der Waals surface area (Å²) < 4.78 is 24.1. The van der Waals surface area contributed by atoms with E-state index < -0.39 is 12.1 Å². The van der Waals surface area contributed by atoms with Crippen molar-refractivity contribution in [3.05, 3.63) is 52.1 Å². The number of benzene rings is 1. The van der Waals surface area contributed by atoms with Crippen molar-refractivity contribution in [1.29, 1.82) is 0 Å². The van der Waals surface area contributed by atoms with E-state index in [4.69, 9.17) is 14.3 Å². The first-order chi connectivity index (χ1) is 8.97. The summed E-state index contributed by atoms with van der Waals surface area (Å²) in [7, 11) is 0. The van der Waals surface area contributed by atoms with Crippen LogP contribution in [0.2, 0.25) is 0 Å². The van der Waals surface area contributed by atoms with Crippen molar-refractivity contribution in [2.75, 3.05) is 0 Å². The zero-order chi connectivity index (χ0) is 14.0. The third-order valence-corrected chi connectivity index (χ3v) is 3.06. The van der Waals surface area contributed by atoms with Crippen LogP contribution in [0.1, 0.15) is 29.3 Å². The Kier molecular flexibility index (Phi) is 3.90. The van der Waals surface area contributed by atoms with Gasteiger partial charge in [-0.15, -0.1) is 0 Å². The second kappa shape index (κ2) is 5.44. The molecule has 19 heavy (non-hydrogen) atoms. The van der Waals surface area contributed by atoms with Gasteiger partial charge in [0, 0.05) is 0 Å². The molecule has 0 spiro atoms. The minimum atomic E-state index is -1.14. The first kappa shape index (κ1) is 13.6. The molecule has 0 radical (unpaired) electrons. The van der Waals surface area contributed by atoms with Gasteiger partial charge in [0.2, 0.25) is 5.76 Å². The number of aromatic carboxylic acids is 1. The van der Waals surface area contributed by atoms with Crippen LogP contribution in [0.25, 0.3) is 0 Å². The fourth-order valence-corrected chi connectivity index (χ4v) is 1.95. The van der Waals surface area contributed by atoms with Gasteiger partial charge in [-0.25, -0.2) is 9.18 Å². The molecule has 1 atom stereocenters. The Bertz CT molecular complexity index is 608. The van der Waals surface area contributed by atoms with E-state index in [1.807, 2.05) is 0 Å². The van der Waals surface area contributed by atoms with Crippen molar-refractivity contribution >= 4 is 21.9 Å². The van der Waals surface area contributed by atoms with E-state index in [0.717, 1.165) is 0 Å². The van der Waals surface area contributed by atoms with Crippen LogP contribution in [0.3, 0.4) is 0 Å². The maximum atomic E-state index is 12.9. The summed E-state index contributed by atoms with van der Waals surface area (Å²) in [5.74, 6) is -0.834.